The zero-order valence-corrected chi connectivity index (χ0v) is 14.3. The fraction of sp³-hybridized carbons (Fsp3) is 0.278. The third-order valence-electron chi connectivity index (χ3n) is 4.40. The molecule has 25 heavy (non-hydrogen) atoms. The maximum absolute atomic E-state index is 12.4. The largest absolute Gasteiger partial charge is 0.493 e. The summed E-state index contributed by atoms with van der Waals surface area (Å²) < 4.78 is 7.15. The molecule has 1 aromatic carbocycles. The van der Waals surface area contributed by atoms with Crippen LogP contribution >= 0.6 is 11.3 Å². The molecule has 0 bridgehead atoms. The van der Waals surface area contributed by atoms with Crippen LogP contribution in [-0.2, 0) is 6.42 Å². The van der Waals surface area contributed by atoms with E-state index in [0.29, 0.717) is 18.1 Å². The zero-order chi connectivity index (χ0) is 17.2. The molecule has 0 aliphatic carbocycles. The number of thiazole rings is 1. The van der Waals surface area contributed by atoms with E-state index in [0.717, 1.165) is 24.2 Å². The first kappa shape index (κ1) is 15.8. The number of para-hydroxylation sites is 1. The lowest BCUT2D eigenvalue weighted by Crippen LogP contribution is -2.34. The van der Waals surface area contributed by atoms with E-state index in [1.54, 1.807) is 11.6 Å². The fourth-order valence-electron chi connectivity index (χ4n) is 3.05. The molecule has 6 nitrogen and oxygen atoms in total. The van der Waals surface area contributed by atoms with Crippen LogP contribution in [0.4, 0.5) is 0 Å². The Balaban J connectivity index is 1.46. The molecule has 3 aromatic rings. The summed E-state index contributed by atoms with van der Waals surface area (Å²) in [5.41, 5.74) is 0.889. The van der Waals surface area contributed by atoms with E-state index in [4.69, 9.17) is 4.74 Å². The van der Waals surface area contributed by atoms with E-state index in [1.165, 1.54) is 21.9 Å². The van der Waals surface area contributed by atoms with E-state index < -0.39 is 0 Å². The molecule has 1 amide bonds. The van der Waals surface area contributed by atoms with Crippen molar-refractivity contribution in [3.63, 3.8) is 0 Å². The normalized spacial score (nSPS) is 16.7. The monoisotopic (exact) mass is 355 g/mol. The summed E-state index contributed by atoms with van der Waals surface area (Å²) in [7, 11) is 0. The van der Waals surface area contributed by atoms with E-state index >= 15 is 0 Å². The van der Waals surface area contributed by atoms with Crippen molar-refractivity contribution in [2.24, 2.45) is 5.92 Å². The van der Waals surface area contributed by atoms with Gasteiger partial charge >= 0.3 is 0 Å². The molecule has 0 unspecified atom stereocenters. The molecule has 0 radical (unpaired) electrons. The van der Waals surface area contributed by atoms with Crippen molar-refractivity contribution < 1.29 is 9.53 Å². The van der Waals surface area contributed by atoms with Gasteiger partial charge < -0.3 is 10.1 Å². The minimum absolute atomic E-state index is 0.0705. The number of carbonyl (C=O) groups is 1. The molecule has 1 N–H and O–H groups in total. The Morgan fingerprint density at radius 2 is 2.28 bits per heavy atom. The molecular weight excluding hydrogens is 338 g/mol. The van der Waals surface area contributed by atoms with Gasteiger partial charge in [-0.05, 0) is 30.4 Å². The molecule has 1 aliphatic rings. The van der Waals surface area contributed by atoms with Crippen LogP contribution in [0.25, 0.3) is 4.96 Å². The number of nitrogens with zero attached hydrogens (tertiary/aromatic N) is 2. The van der Waals surface area contributed by atoms with Crippen LogP contribution in [0.2, 0.25) is 0 Å². The van der Waals surface area contributed by atoms with E-state index in [9.17, 15) is 9.59 Å². The van der Waals surface area contributed by atoms with E-state index in [-0.39, 0.29) is 22.9 Å². The lowest BCUT2D eigenvalue weighted by molar-refractivity contribution is 0.0943. The van der Waals surface area contributed by atoms with Gasteiger partial charge in [0.25, 0.3) is 11.5 Å². The molecule has 1 aliphatic heterocycles. The number of rotatable bonds is 3. The molecule has 1 atom stereocenters. The van der Waals surface area contributed by atoms with Gasteiger partial charge in [-0.3, -0.25) is 14.0 Å². The molecule has 0 fully saturated rings. The second-order valence-corrected chi connectivity index (χ2v) is 6.93. The Kier molecular flexibility index (Phi) is 4.23. The van der Waals surface area contributed by atoms with Gasteiger partial charge in [-0.15, -0.1) is 11.3 Å². The number of hydrogen-bond donors (Lipinski definition) is 1. The van der Waals surface area contributed by atoms with E-state index in [1.807, 2.05) is 18.2 Å². The van der Waals surface area contributed by atoms with Gasteiger partial charge in [-0.2, -0.15) is 0 Å². The molecule has 0 spiro atoms. The van der Waals surface area contributed by atoms with Crippen molar-refractivity contribution in [2.45, 2.75) is 12.8 Å². The summed E-state index contributed by atoms with van der Waals surface area (Å²) in [6.45, 7) is 1.13. The maximum Gasteiger partial charge on any atom is 0.271 e. The molecule has 2 aromatic heterocycles. The van der Waals surface area contributed by atoms with E-state index in [2.05, 4.69) is 16.4 Å². The summed E-state index contributed by atoms with van der Waals surface area (Å²) in [6.07, 6.45) is 4.69. The quantitative estimate of drug-likeness (QED) is 0.781. The Hall–Kier alpha value is -2.67. The first-order valence-electron chi connectivity index (χ1n) is 8.16. The van der Waals surface area contributed by atoms with Gasteiger partial charge in [0.05, 0.1) is 6.61 Å². The smallest absolute Gasteiger partial charge is 0.271 e. The second kappa shape index (κ2) is 6.68. The Morgan fingerprint density at radius 1 is 1.40 bits per heavy atom. The third-order valence-corrected chi connectivity index (χ3v) is 5.17. The number of ether oxygens (including phenoxy) is 1. The minimum Gasteiger partial charge on any atom is -0.493 e. The first-order chi connectivity index (χ1) is 12.2. The molecule has 128 valence electrons. The van der Waals surface area contributed by atoms with Crippen LogP contribution in [0.5, 0.6) is 5.75 Å². The zero-order valence-electron chi connectivity index (χ0n) is 13.5. The predicted molar refractivity (Wildman–Crippen MR) is 95.4 cm³/mol. The highest BCUT2D eigenvalue weighted by Crippen LogP contribution is 2.26. The van der Waals surface area contributed by atoms with Crippen molar-refractivity contribution in [1.29, 1.82) is 0 Å². The highest BCUT2D eigenvalue weighted by molar-refractivity contribution is 7.15. The second-order valence-electron chi connectivity index (χ2n) is 6.06. The van der Waals surface area contributed by atoms with Crippen molar-refractivity contribution in [1.82, 2.24) is 14.7 Å². The van der Waals surface area contributed by atoms with Gasteiger partial charge in [0.2, 0.25) is 0 Å². The predicted octanol–water partition coefficient (Wildman–Crippen LogP) is 2.13. The van der Waals surface area contributed by atoms with Crippen molar-refractivity contribution in [2.75, 3.05) is 13.2 Å². The Bertz CT molecular complexity index is 979. The number of carbonyl (C=O) groups excluding carboxylic acids is 1. The van der Waals surface area contributed by atoms with Gasteiger partial charge in [-0.1, -0.05) is 18.2 Å². The van der Waals surface area contributed by atoms with Crippen molar-refractivity contribution >= 4 is 22.2 Å². The Labute approximate surface area is 148 Å². The molecular formula is C18H17N3O3S. The van der Waals surface area contributed by atoms with Gasteiger partial charge in [0.15, 0.2) is 4.96 Å². The van der Waals surface area contributed by atoms with Crippen LogP contribution in [0.1, 0.15) is 22.3 Å². The molecule has 7 heteroatoms. The molecule has 0 saturated heterocycles. The van der Waals surface area contributed by atoms with Gasteiger partial charge in [-0.25, -0.2) is 4.98 Å². The van der Waals surface area contributed by atoms with Crippen LogP contribution in [0, 0.1) is 5.92 Å². The lowest BCUT2D eigenvalue weighted by Gasteiger charge is -2.14. The lowest BCUT2D eigenvalue weighted by atomic mass is 9.97. The number of aromatic nitrogens is 2. The summed E-state index contributed by atoms with van der Waals surface area (Å²) in [6, 6.07) is 7.98. The van der Waals surface area contributed by atoms with Crippen LogP contribution in [0.15, 0.2) is 46.8 Å². The first-order valence-corrected chi connectivity index (χ1v) is 9.04. The van der Waals surface area contributed by atoms with Gasteiger partial charge in [0, 0.05) is 24.3 Å². The van der Waals surface area contributed by atoms with Crippen LogP contribution < -0.4 is 15.6 Å². The number of nitrogens with one attached hydrogen (secondary N) is 1. The average molecular weight is 355 g/mol. The fourth-order valence-corrected chi connectivity index (χ4v) is 3.72. The van der Waals surface area contributed by atoms with Crippen LogP contribution in [-0.4, -0.2) is 28.4 Å². The van der Waals surface area contributed by atoms with Crippen molar-refractivity contribution in [3.05, 3.63) is 63.5 Å². The third kappa shape index (κ3) is 3.15. The molecule has 3 heterocycles. The maximum atomic E-state index is 12.4. The number of benzene rings is 1. The summed E-state index contributed by atoms with van der Waals surface area (Å²) in [5, 5.41) is 4.65. The summed E-state index contributed by atoms with van der Waals surface area (Å²) >= 11 is 1.36. The average Bonchev–Trinajstić information content (AvgIpc) is 3.01. The number of amides is 1. The summed E-state index contributed by atoms with van der Waals surface area (Å²) in [4.78, 5) is 29.5. The number of hydrogen-bond acceptors (Lipinski definition) is 5. The van der Waals surface area contributed by atoms with Gasteiger partial charge in [0.1, 0.15) is 11.3 Å². The SMILES string of the molecule is O=C(NC[C@@H]1CCOc2ccccc2C1)c1cnc2sccn2c1=O. The highest BCUT2D eigenvalue weighted by atomic mass is 32.1. The van der Waals surface area contributed by atoms with Crippen molar-refractivity contribution in [3.8, 4) is 5.75 Å². The summed E-state index contributed by atoms with van der Waals surface area (Å²) in [5.74, 6) is 0.812. The molecule has 0 saturated carbocycles. The van der Waals surface area contributed by atoms with Crippen LogP contribution in [0.3, 0.4) is 0 Å². The minimum atomic E-state index is -0.378. The molecule has 4 rings (SSSR count). The number of fused-ring (bicyclic) bond motifs is 2. The standard InChI is InChI=1S/C18H17N3O3S/c22-16(14-11-20-18-21(17(14)23)6-8-25-18)19-10-12-5-7-24-15-4-2-1-3-13(15)9-12/h1-4,6,8,11-12H,5,7,9-10H2,(H,19,22)/t12-/m1/s1. The topological polar surface area (TPSA) is 72.7 Å². The highest BCUT2D eigenvalue weighted by Gasteiger charge is 2.19. The Morgan fingerprint density at radius 3 is 3.20 bits per heavy atom.